The Morgan fingerprint density at radius 1 is 1.38 bits per heavy atom. The van der Waals surface area contributed by atoms with E-state index in [1.54, 1.807) is 6.20 Å². The van der Waals surface area contributed by atoms with Crippen molar-refractivity contribution in [2.24, 2.45) is 12.9 Å². The minimum absolute atomic E-state index is 0.0994. The van der Waals surface area contributed by atoms with Crippen molar-refractivity contribution in [2.45, 2.75) is 12.5 Å². The monoisotopic (exact) mass is 216 g/mol. The number of hydrogen-bond donors (Lipinski definition) is 2. The number of hydrogen-bond acceptors (Lipinski definition) is 3. The molecule has 4 heteroatoms. The van der Waals surface area contributed by atoms with Crippen LogP contribution in [0.2, 0.25) is 0 Å². The summed E-state index contributed by atoms with van der Waals surface area (Å²) in [4.78, 5) is 4.30. The quantitative estimate of drug-likeness (QED) is 0.596. The van der Waals surface area contributed by atoms with E-state index in [4.69, 9.17) is 5.84 Å². The van der Waals surface area contributed by atoms with Crippen molar-refractivity contribution >= 4 is 0 Å². The first-order valence-electron chi connectivity index (χ1n) is 5.28. The predicted octanol–water partition coefficient (Wildman–Crippen LogP) is 1.17. The third-order valence-electron chi connectivity index (χ3n) is 2.71. The van der Waals surface area contributed by atoms with E-state index in [1.165, 1.54) is 5.56 Å². The van der Waals surface area contributed by atoms with E-state index in [2.05, 4.69) is 22.5 Å². The zero-order valence-electron chi connectivity index (χ0n) is 9.30. The lowest BCUT2D eigenvalue weighted by atomic mass is 10.0. The van der Waals surface area contributed by atoms with Gasteiger partial charge in [-0.05, 0) is 5.56 Å². The van der Waals surface area contributed by atoms with Crippen LogP contribution in [0.1, 0.15) is 17.4 Å². The fraction of sp³-hybridized carbons (Fsp3) is 0.250. The largest absolute Gasteiger partial charge is 0.338 e. The Morgan fingerprint density at radius 3 is 2.69 bits per heavy atom. The maximum atomic E-state index is 5.58. The summed E-state index contributed by atoms with van der Waals surface area (Å²) in [5, 5.41) is 0. The van der Waals surface area contributed by atoms with Crippen molar-refractivity contribution < 1.29 is 0 Å². The number of nitrogens with one attached hydrogen (secondary N) is 1. The van der Waals surface area contributed by atoms with Gasteiger partial charge in [-0.15, -0.1) is 0 Å². The maximum Gasteiger partial charge on any atom is 0.110 e. The second-order valence-corrected chi connectivity index (χ2v) is 3.79. The lowest BCUT2D eigenvalue weighted by molar-refractivity contribution is 0.530. The Labute approximate surface area is 95.1 Å². The van der Waals surface area contributed by atoms with Gasteiger partial charge in [-0.2, -0.15) is 0 Å². The Morgan fingerprint density at radius 2 is 2.12 bits per heavy atom. The van der Waals surface area contributed by atoms with Gasteiger partial charge in [0.1, 0.15) is 5.82 Å². The first-order chi connectivity index (χ1) is 7.81. The van der Waals surface area contributed by atoms with Crippen LogP contribution >= 0.6 is 0 Å². The van der Waals surface area contributed by atoms with Crippen molar-refractivity contribution in [1.82, 2.24) is 15.0 Å². The number of nitrogens with two attached hydrogens (primary N) is 1. The number of benzene rings is 1. The highest BCUT2D eigenvalue weighted by molar-refractivity contribution is 5.20. The van der Waals surface area contributed by atoms with E-state index < -0.39 is 0 Å². The van der Waals surface area contributed by atoms with Crippen LogP contribution in [0, 0.1) is 0 Å². The molecular formula is C12H16N4. The van der Waals surface area contributed by atoms with Gasteiger partial charge in [-0.3, -0.25) is 11.3 Å². The van der Waals surface area contributed by atoms with Crippen LogP contribution in [0.4, 0.5) is 0 Å². The summed E-state index contributed by atoms with van der Waals surface area (Å²) in [6, 6.07) is 10.2. The molecule has 1 atom stereocenters. The Hall–Kier alpha value is -1.65. The van der Waals surface area contributed by atoms with Gasteiger partial charge in [0.15, 0.2) is 0 Å². The summed E-state index contributed by atoms with van der Waals surface area (Å²) in [7, 11) is 1.99. The third-order valence-corrected chi connectivity index (χ3v) is 2.71. The summed E-state index contributed by atoms with van der Waals surface area (Å²) in [6.45, 7) is 0. The number of rotatable bonds is 4. The zero-order valence-corrected chi connectivity index (χ0v) is 9.30. The van der Waals surface area contributed by atoms with Crippen LogP contribution in [0.25, 0.3) is 0 Å². The SMILES string of the molecule is Cn1ccnc1CC(NN)c1ccccc1. The number of aromatic nitrogens is 2. The lowest BCUT2D eigenvalue weighted by Crippen LogP contribution is -2.30. The lowest BCUT2D eigenvalue weighted by Gasteiger charge is -2.15. The van der Waals surface area contributed by atoms with Crippen molar-refractivity contribution in [3.63, 3.8) is 0 Å². The molecule has 4 nitrogen and oxygen atoms in total. The fourth-order valence-corrected chi connectivity index (χ4v) is 1.73. The molecule has 0 spiro atoms. The van der Waals surface area contributed by atoms with Crippen LogP contribution in [0.5, 0.6) is 0 Å². The molecule has 84 valence electrons. The Balaban J connectivity index is 2.16. The zero-order chi connectivity index (χ0) is 11.4. The van der Waals surface area contributed by atoms with Gasteiger partial charge in [0, 0.05) is 25.9 Å². The Kier molecular flexibility index (Phi) is 3.34. The third kappa shape index (κ3) is 2.29. The molecule has 1 unspecified atom stereocenters. The number of aryl methyl sites for hydroxylation is 1. The summed E-state index contributed by atoms with van der Waals surface area (Å²) in [6.07, 6.45) is 4.52. The van der Waals surface area contributed by atoms with Crippen molar-refractivity contribution in [1.29, 1.82) is 0 Å². The van der Waals surface area contributed by atoms with Crippen LogP contribution < -0.4 is 11.3 Å². The van der Waals surface area contributed by atoms with Gasteiger partial charge in [0.05, 0.1) is 6.04 Å². The highest BCUT2D eigenvalue weighted by Crippen LogP contribution is 2.15. The van der Waals surface area contributed by atoms with E-state index in [0.717, 1.165) is 12.2 Å². The van der Waals surface area contributed by atoms with Crippen LogP contribution in [-0.2, 0) is 13.5 Å². The summed E-state index contributed by atoms with van der Waals surface area (Å²) in [5.41, 5.74) is 4.00. The Bertz CT molecular complexity index is 435. The van der Waals surface area contributed by atoms with Crippen molar-refractivity contribution in [3.8, 4) is 0 Å². The predicted molar refractivity (Wildman–Crippen MR) is 63.4 cm³/mol. The first-order valence-corrected chi connectivity index (χ1v) is 5.28. The second-order valence-electron chi connectivity index (χ2n) is 3.79. The maximum absolute atomic E-state index is 5.58. The van der Waals surface area contributed by atoms with Gasteiger partial charge in [-0.1, -0.05) is 30.3 Å². The van der Waals surface area contributed by atoms with Gasteiger partial charge in [-0.25, -0.2) is 4.98 Å². The molecular weight excluding hydrogens is 200 g/mol. The molecule has 16 heavy (non-hydrogen) atoms. The van der Waals surface area contributed by atoms with Gasteiger partial charge >= 0.3 is 0 Å². The fourth-order valence-electron chi connectivity index (χ4n) is 1.73. The molecule has 0 aliphatic heterocycles. The highest BCUT2D eigenvalue weighted by atomic mass is 15.2. The molecule has 0 aliphatic rings. The molecule has 0 amide bonds. The highest BCUT2D eigenvalue weighted by Gasteiger charge is 2.12. The molecule has 1 aromatic heterocycles. The topological polar surface area (TPSA) is 55.9 Å². The first kappa shape index (κ1) is 10.9. The molecule has 0 bridgehead atoms. The molecule has 2 rings (SSSR count). The minimum atomic E-state index is 0.0994. The summed E-state index contributed by atoms with van der Waals surface area (Å²) >= 11 is 0. The molecule has 0 aliphatic carbocycles. The molecule has 0 saturated carbocycles. The molecule has 0 radical (unpaired) electrons. The number of hydrazine groups is 1. The summed E-state index contributed by atoms with van der Waals surface area (Å²) < 4.78 is 2.01. The van der Waals surface area contributed by atoms with Crippen molar-refractivity contribution in [3.05, 3.63) is 54.1 Å². The smallest absolute Gasteiger partial charge is 0.110 e. The average molecular weight is 216 g/mol. The molecule has 0 saturated heterocycles. The normalized spacial score (nSPS) is 12.6. The van der Waals surface area contributed by atoms with Crippen LogP contribution in [-0.4, -0.2) is 9.55 Å². The standard InChI is InChI=1S/C12H16N4/c1-16-8-7-14-12(16)9-11(15-13)10-5-3-2-4-6-10/h2-8,11,15H,9,13H2,1H3. The van der Waals surface area contributed by atoms with Gasteiger partial charge in [0.2, 0.25) is 0 Å². The second kappa shape index (κ2) is 4.92. The van der Waals surface area contributed by atoms with Gasteiger partial charge in [0.25, 0.3) is 0 Å². The molecule has 0 fully saturated rings. The van der Waals surface area contributed by atoms with E-state index >= 15 is 0 Å². The average Bonchev–Trinajstić information content (AvgIpc) is 2.73. The van der Waals surface area contributed by atoms with Gasteiger partial charge < -0.3 is 4.57 Å². The van der Waals surface area contributed by atoms with Crippen molar-refractivity contribution in [2.75, 3.05) is 0 Å². The van der Waals surface area contributed by atoms with E-state index in [1.807, 2.05) is 36.0 Å². The molecule has 2 aromatic rings. The summed E-state index contributed by atoms with van der Waals surface area (Å²) in [5.74, 6) is 6.60. The van der Waals surface area contributed by atoms with Crippen LogP contribution in [0.15, 0.2) is 42.7 Å². The van der Waals surface area contributed by atoms with E-state index in [9.17, 15) is 0 Å². The minimum Gasteiger partial charge on any atom is -0.338 e. The molecule has 1 aromatic carbocycles. The number of nitrogens with zero attached hydrogens (tertiary/aromatic N) is 2. The molecule has 3 N–H and O–H groups in total. The molecule has 1 heterocycles. The number of imidazole rings is 1. The van der Waals surface area contributed by atoms with E-state index in [0.29, 0.717) is 0 Å². The van der Waals surface area contributed by atoms with Crippen LogP contribution in [0.3, 0.4) is 0 Å². The van der Waals surface area contributed by atoms with E-state index in [-0.39, 0.29) is 6.04 Å².